The van der Waals surface area contributed by atoms with Gasteiger partial charge in [0.1, 0.15) is 11.1 Å². The Labute approximate surface area is 154 Å². The van der Waals surface area contributed by atoms with Crippen molar-refractivity contribution in [2.75, 3.05) is 32.1 Å². The molecule has 4 atom stereocenters. The van der Waals surface area contributed by atoms with Gasteiger partial charge in [0.05, 0.1) is 19.1 Å². The van der Waals surface area contributed by atoms with Crippen LogP contribution in [0.15, 0.2) is 35.9 Å². The number of benzene rings is 1. The third kappa shape index (κ3) is 1.43. The Morgan fingerprint density at radius 1 is 1.42 bits per heavy atom. The summed E-state index contributed by atoms with van der Waals surface area (Å²) < 4.78 is 5.36. The van der Waals surface area contributed by atoms with E-state index in [1.54, 1.807) is 0 Å². The second-order valence-electron chi connectivity index (χ2n) is 8.16. The molecule has 5 nitrogen and oxygen atoms in total. The molecule has 1 aromatic rings. The molecule has 0 aromatic heterocycles. The minimum atomic E-state index is -0.946. The lowest BCUT2D eigenvalue weighted by Gasteiger charge is -2.48. The average Bonchev–Trinajstić information content (AvgIpc) is 3.17. The lowest BCUT2D eigenvalue weighted by Crippen LogP contribution is -2.62. The maximum absolute atomic E-state index is 13.4. The Hall–Kier alpha value is -1.85. The van der Waals surface area contributed by atoms with Crippen LogP contribution in [0.4, 0.5) is 5.69 Å². The van der Waals surface area contributed by atoms with Crippen LogP contribution >= 0.6 is 0 Å². The molecule has 0 amide bonds. The van der Waals surface area contributed by atoms with Crippen LogP contribution < -0.4 is 5.32 Å². The van der Waals surface area contributed by atoms with Crippen molar-refractivity contribution in [2.45, 2.75) is 37.3 Å². The molecule has 4 aliphatic rings. The van der Waals surface area contributed by atoms with Gasteiger partial charge in [-0.25, -0.2) is 0 Å². The van der Waals surface area contributed by atoms with E-state index < -0.39 is 10.8 Å². The van der Waals surface area contributed by atoms with E-state index in [2.05, 4.69) is 35.3 Å². The molecule has 3 fully saturated rings. The van der Waals surface area contributed by atoms with Gasteiger partial charge in [0.25, 0.3) is 0 Å². The number of ether oxygens (including phenoxy) is 1. The smallest absolute Gasteiger partial charge is 0.315 e. The molecule has 1 aliphatic carbocycles. The summed E-state index contributed by atoms with van der Waals surface area (Å²) in [6.07, 6.45) is 4.79. The average molecular weight is 354 g/mol. The van der Waals surface area contributed by atoms with E-state index >= 15 is 0 Å². The number of para-hydroxylation sites is 1. The predicted molar refractivity (Wildman–Crippen MR) is 98.7 cm³/mol. The normalized spacial score (nSPS) is 41.5. The monoisotopic (exact) mass is 354 g/mol. The molecule has 0 radical (unpaired) electrons. The fraction of sp³-hybridized carbons (Fsp3) is 0.571. The van der Waals surface area contributed by atoms with Gasteiger partial charge in [0.15, 0.2) is 0 Å². The summed E-state index contributed by atoms with van der Waals surface area (Å²) in [6, 6.07) is 8.32. The molecule has 26 heavy (non-hydrogen) atoms. The molecule has 3 aliphatic heterocycles. The van der Waals surface area contributed by atoms with Gasteiger partial charge in [0, 0.05) is 24.7 Å². The Balaban J connectivity index is 1.88. The van der Waals surface area contributed by atoms with E-state index in [0.717, 1.165) is 38.0 Å². The van der Waals surface area contributed by atoms with Gasteiger partial charge < -0.3 is 15.2 Å². The summed E-state index contributed by atoms with van der Waals surface area (Å²) in [5, 5.41) is 14.6. The van der Waals surface area contributed by atoms with Crippen LogP contribution in [0.5, 0.6) is 0 Å². The molecule has 3 heterocycles. The van der Waals surface area contributed by atoms with E-state index in [-0.39, 0.29) is 24.2 Å². The topological polar surface area (TPSA) is 61.8 Å². The van der Waals surface area contributed by atoms with E-state index in [1.807, 2.05) is 12.1 Å². The molecule has 1 saturated carbocycles. The predicted octanol–water partition coefficient (Wildman–Crippen LogP) is 2.27. The van der Waals surface area contributed by atoms with Crippen molar-refractivity contribution >= 4 is 11.7 Å². The molecule has 5 rings (SSSR count). The highest BCUT2D eigenvalue weighted by Gasteiger charge is 2.82. The number of aliphatic hydroxyl groups excluding tert-OH is 1. The number of fused-ring (bicyclic) bond motifs is 2. The lowest BCUT2D eigenvalue weighted by atomic mass is 9.56. The Kier molecular flexibility index (Phi) is 3.21. The number of carbonyl (C=O) groups excluding carboxylic acids is 1. The number of aliphatic hydroxyl groups is 1. The number of esters is 1. The minimum Gasteiger partial charge on any atom is -0.468 e. The van der Waals surface area contributed by atoms with Gasteiger partial charge in [-0.05, 0) is 37.8 Å². The number of hydrogen-bond donors (Lipinski definition) is 2. The number of nitrogens with zero attached hydrogens (tertiary/aromatic N) is 1. The van der Waals surface area contributed by atoms with Crippen LogP contribution in [0.2, 0.25) is 0 Å². The zero-order valence-corrected chi connectivity index (χ0v) is 15.4. The Bertz CT molecular complexity index is 821. The van der Waals surface area contributed by atoms with Crippen LogP contribution in [-0.2, 0) is 14.9 Å². The first-order chi connectivity index (χ1) is 12.6. The molecule has 1 spiro atoms. The van der Waals surface area contributed by atoms with E-state index in [9.17, 15) is 9.90 Å². The number of rotatable bonds is 2. The third-order valence-electron chi connectivity index (χ3n) is 7.87. The van der Waals surface area contributed by atoms with E-state index in [0.29, 0.717) is 0 Å². The summed E-state index contributed by atoms with van der Waals surface area (Å²) in [5.74, 6) is -0.274. The lowest BCUT2D eigenvalue weighted by molar-refractivity contribution is -0.164. The van der Waals surface area contributed by atoms with Gasteiger partial charge in [-0.3, -0.25) is 9.69 Å². The number of nitrogens with one attached hydrogen (secondary N) is 1. The fourth-order valence-corrected chi connectivity index (χ4v) is 7.00. The number of carbonyl (C=O) groups is 1. The molecule has 2 bridgehead atoms. The van der Waals surface area contributed by atoms with Gasteiger partial charge in [-0.2, -0.15) is 0 Å². The highest BCUT2D eigenvalue weighted by molar-refractivity contribution is 5.86. The molecular formula is C21H26N2O3. The summed E-state index contributed by atoms with van der Waals surface area (Å²) in [5.41, 5.74) is 1.82. The van der Waals surface area contributed by atoms with Crippen LogP contribution in [0.25, 0.3) is 0 Å². The van der Waals surface area contributed by atoms with Crippen molar-refractivity contribution in [3.05, 3.63) is 41.5 Å². The standard InChI is InChI=1S/C21H26N2O3/c1-3-14-8-10-23-11-9-20-15-6-4-5-7-17(15)22-21(20,23)12-16(14)19(20,13-24)18(25)26-2/h3-7,16,22,24H,8-13H2,1-2H3/b14-3+/t16-,19+,20-,21-/m0/s1. The van der Waals surface area contributed by atoms with Crippen LogP contribution in [0, 0.1) is 11.3 Å². The molecule has 0 unspecified atom stereocenters. The van der Waals surface area contributed by atoms with Gasteiger partial charge in [0.2, 0.25) is 0 Å². The van der Waals surface area contributed by atoms with Crippen molar-refractivity contribution in [3.8, 4) is 0 Å². The molecule has 2 saturated heterocycles. The summed E-state index contributed by atoms with van der Waals surface area (Å²) in [6.45, 7) is 3.79. The van der Waals surface area contributed by atoms with Crippen molar-refractivity contribution in [2.24, 2.45) is 11.3 Å². The summed E-state index contributed by atoms with van der Waals surface area (Å²) >= 11 is 0. The molecule has 5 heteroatoms. The van der Waals surface area contributed by atoms with E-state index in [4.69, 9.17) is 4.74 Å². The quantitative estimate of drug-likeness (QED) is 0.630. The van der Waals surface area contributed by atoms with Crippen molar-refractivity contribution < 1.29 is 14.6 Å². The largest absolute Gasteiger partial charge is 0.468 e. The summed E-state index contributed by atoms with van der Waals surface area (Å²) in [7, 11) is 1.45. The Morgan fingerprint density at radius 2 is 2.23 bits per heavy atom. The molecule has 1 aromatic carbocycles. The molecule has 2 N–H and O–H groups in total. The second kappa shape index (κ2) is 5.11. The zero-order valence-electron chi connectivity index (χ0n) is 15.4. The van der Waals surface area contributed by atoms with Gasteiger partial charge >= 0.3 is 5.97 Å². The highest BCUT2D eigenvalue weighted by Crippen LogP contribution is 2.74. The van der Waals surface area contributed by atoms with Gasteiger partial charge in [-0.15, -0.1) is 0 Å². The zero-order chi connectivity index (χ0) is 18.2. The van der Waals surface area contributed by atoms with Crippen molar-refractivity contribution in [1.29, 1.82) is 0 Å². The molecular weight excluding hydrogens is 328 g/mol. The maximum Gasteiger partial charge on any atom is 0.315 e. The number of hydrogen-bond acceptors (Lipinski definition) is 5. The number of methoxy groups -OCH3 is 1. The number of allylic oxidation sites excluding steroid dienone is 1. The van der Waals surface area contributed by atoms with Crippen molar-refractivity contribution in [1.82, 2.24) is 4.90 Å². The minimum absolute atomic E-state index is 0.00361. The van der Waals surface area contributed by atoms with Crippen molar-refractivity contribution in [3.63, 3.8) is 0 Å². The molecule has 138 valence electrons. The van der Waals surface area contributed by atoms with Crippen LogP contribution in [0.3, 0.4) is 0 Å². The Morgan fingerprint density at radius 3 is 2.96 bits per heavy atom. The highest BCUT2D eigenvalue weighted by atomic mass is 16.5. The second-order valence-corrected chi connectivity index (χ2v) is 8.16. The maximum atomic E-state index is 13.4. The first-order valence-corrected chi connectivity index (χ1v) is 9.58. The van der Waals surface area contributed by atoms with Crippen LogP contribution in [-0.4, -0.2) is 48.4 Å². The SMILES string of the molecule is C/C=C1\CCN2CC[C@@]34c5ccccc5N[C@@]23C[C@@H]1[C@]4(CO)C(=O)OC. The first-order valence-electron chi connectivity index (χ1n) is 9.58. The third-order valence-corrected chi connectivity index (χ3v) is 7.87. The fourth-order valence-electron chi connectivity index (χ4n) is 7.00. The number of anilines is 1. The first kappa shape index (κ1) is 16.3. The summed E-state index contributed by atoms with van der Waals surface area (Å²) in [4.78, 5) is 15.9. The van der Waals surface area contributed by atoms with E-state index in [1.165, 1.54) is 18.2 Å². The van der Waals surface area contributed by atoms with Crippen LogP contribution in [0.1, 0.15) is 31.7 Å². The van der Waals surface area contributed by atoms with Gasteiger partial charge in [-0.1, -0.05) is 29.8 Å².